The van der Waals surface area contributed by atoms with E-state index in [0.717, 1.165) is 5.56 Å². The fraction of sp³-hybridized carbons (Fsp3) is 0.316. The van der Waals surface area contributed by atoms with Crippen LogP contribution >= 0.6 is 0 Å². The predicted octanol–water partition coefficient (Wildman–Crippen LogP) is 2.52. The Kier molecular flexibility index (Phi) is 5.87. The van der Waals surface area contributed by atoms with Crippen LogP contribution in [0.5, 0.6) is 17.2 Å². The summed E-state index contributed by atoms with van der Waals surface area (Å²) in [6.07, 6.45) is -0.526. The monoisotopic (exact) mass is 343 g/mol. The summed E-state index contributed by atoms with van der Waals surface area (Å²) in [6, 6.07) is 15.0. The Balaban J connectivity index is 1.54. The molecule has 0 unspecified atom stereocenters. The molecule has 6 nitrogen and oxygen atoms in total. The Morgan fingerprint density at radius 1 is 1.12 bits per heavy atom. The predicted molar refractivity (Wildman–Crippen MR) is 91.9 cm³/mol. The molecule has 0 aliphatic carbocycles. The molecule has 1 heterocycles. The molecular weight excluding hydrogens is 322 g/mol. The van der Waals surface area contributed by atoms with E-state index in [2.05, 4.69) is 5.32 Å². The molecule has 3 rings (SSSR count). The van der Waals surface area contributed by atoms with Crippen molar-refractivity contribution in [2.24, 2.45) is 0 Å². The van der Waals surface area contributed by atoms with E-state index in [9.17, 15) is 4.79 Å². The molecule has 25 heavy (non-hydrogen) atoms. The van der Waals surface area contributed by atoms with Crippen molar-refractivity contribution < 1.29 is 23.7 Å². The number of methoxy groups -OCH3 is 1. The van der Waals surface area contributed by atoms with Crippen LogP contribution in [-0.4, -0.2) is 38.9 Å². The molecular formula is C19H21NO5. The van der Waals surface area contributed by atoms with E-state index in [4.69, 9.17) is 18.9 Å². The normalized spacial score (nSPS) is 16.9. The van der Waals surface area contributed by atoms with Crippen molar-refractivity contribution in [1.82, 2.24) is 5.32 Å². The average molecular weight is 343 g/mol. The van der Waals surface area contributed by atoms with Gasteiger partial charge in [-0.15, -0.1) is 0 Å². The second-order valence-corrected chi connectivity index (χ2v) is 5.55. The highest BCUT2D eigenvalue weighted by Crippen LogP contribution is 2.30. The Morgan fingerprint density at radius 2 is 1.88 bits per heavy atom. The lowest BCUT2D eigenvalue weighted by atomic mass is 10.2. The van der Waals surface area contributed by atoms with Crippen molar-refractivity contribution in [3.05, 3.63) is 54.1 Å². The number of ether oxygens (including phenoxy) is 4. The van der Waals surface area contributed by atoms with Gasteiger partial charge in [-0.2, -0.15) is 0 Å². The van der Waals surface area contributed by atoms with Crippen LogP contribution in [0.4, 0.5) is 0 Å². The Morgan fingerprint density at radius 3 is 2.56 bits per heavy atom. The molecule has 1 fully saturated rings. The third-order valence-electron chi connectivity index (χ3n) is 3.80. The first kappa shape index (κ1) is 17.3. The van der Waals surface area contributed by atoms with E-state index in [1.165, 1.54) is 0 Å². The standard InChI is InChI=1S/C19H21NO5/c1-22-16-4-2-3-5-17(16)25-15-8-6-14(7-9-15)12-20-19(21)18-13-23-10-11-24-18/h2-9,18H,10-13H2,1H3,(H,20,21)/t18-/m0/s1. The van der Waals surface area contributed by atoms with Gasteiger partial charge in [0.2, 0.25) is 0 Å². The second-order valence-electron chi connectivity index (χ2n) is 5.55. The van der Waals surface area contributed by atoms with Gasteiger partial charge in [0.25, 0.3) is 5.91 Å². The van der Waals surface area contributed by atoms with Crippen molar-refractivity contribution >= 4 is 5.91 Å². The summed E-state index contributed by atoms with van der Waals surface area (Å²) in [5.41, 5.74) is 0.970. The van der Waals surface area contributed by atoms with Crippen molar-refractivity contribution in [3.63, 3.8) is 0 Å². The maximum Gasteiger partial charge on any atom is 0.251 e. The summed E-state index contributed by atoms with van der Waals surface area (Å²) in [6.45, 7) is 1.72. The molecule has 1 aliphatic rings. The highest BCUT2D eigenvalue weighted by molar-refractivity contribution is 5.80. The number of carbonyl (C=O) groups is 1. The molecule has 1 saturated heterocycles. The van der Waals surface area contributed by atoms with E-state index in [1.807, 2.05) is 48.5 Å². The molecule has 1 N–H and O–H groups in total. The summed E-state index contributed by atoms with van der Waals surface area (Å²) in [4.78, 5) is 12.0. The van der Waals surface area contributed by atoms with E-state index < -0.39 is 6.10 Å². The van der Waals surface area contributed by atoms with Crippen LogP contribution in [0.15, 0.2) is 48.5 Å². The van der Waals surface area contributed by atoms with Crippen LogP contribution in [0.3, 0.4) is 0 Å². The molecule has 1 atom stereocenters. The zero-order valence-corrected chi connectivity index (χ0v) is 14.1. The SMILES string of the molecule is COc1ccccc1Oc1ccc(CNC(=O)[C@@H]2COCCO2)cc1. The number of nitrogens with one attached hydrogen (secondary N) is 1. The molecule has 0 bridgehead atoms. The molecule has 6 heteroatoms. The van der Waals surface area contributed by atoms with Crippen molar-refractivity contribution in [3.8, 4) is 17.2 Å². The van der Waals surface area contributed by atoms with E-state index in [0.29, 0.717) is 43.6 Å². The summed E-state index contributed by atoms with van der Waals surface area (Å²) in [5, 5.41) is 2.85. The van der Waals surface area contributed by atoms with Crippen LogP contribution in [0.25, 0.3) is 0 Å². The quantitative estimate of drug-likeness (QED) is 0.873. The van der Waals surface area contributed by atoms with Crippen molar-refractivity contribution in [1.29, 1.82) is 0 Å². The van der Waals surface area contributed by atoms with Crippen LogP contribution in [0.1, 0.15) is 5.56 Å². The minimum atomic E-state index is -0.526. The molecule has 0 spiro atoms. The molecule has 1 aliphatic heterocycles. The van der Waals surface area contributed by atoms with Gasteiger partial charge in [0, 0.05) is 6.54 Å². The number of benzene rings is 2. The lowest BCUT2D eigenvalue weighted by molar-refractivity contribution is -0.147. The molecule has 0 radical (unpaired) electrons. The summed E-state index contributed by atoms with van der Waals surface area (Å²) >= 11 is 0. The van der Waals surface area contributed by atoms with E-state index >= 15 is 0 Å². The highest BCUT2D eigenvalue weighted by Gasteiger charge is 2.22. The largest absolute Gasteiger partial charge is 0.493 e. The minimum absolute atomic E-state index is 0.158. The van der Waals surface area contributed by atoms with Gasteiger partial charge in [0.15, 0.2) is 17.6 Å². The van der Waals surface area contributed by atoms with Crippen LogP contribution < -0.4 is 14.8 Å². The number of amides is 1. The first-order valence-corrected chi connectivity index (χ1v) is 8.13. The lowest BCUT2D eigenvalue weighted by Gasteiger charge is -2.22. The van der Waals surface area contributed by atoms with Gasteiger partial charge >= 0.3 is 0 Å². The smallest absolute Gasteiger partial charge is 0.251 e. The molecule has 0 saturated carbocycles. The van der Waals surface area contributed by atoms with Gasteiger partial charge in [-0.25, -0.2) is 0 Å². The Bertz CT molecular complexity index is 695. The van der Waals surface area contributed by atoms with Crippen molar-refractivity contribution in [2.75, 3.05) is 26.9 Å². The maximum atomic E-state index is 12.0. The van der Waals surface area contributed by atoms with Crippen molar-refractivity contribution in [2.45, 2.75) is 12.6 Å². The third kappa shape index (κ3) is 4.71. The van der Waals surface area contributed by atoms with Crippen LogP contribution in [0, 0.1) is 0 Å². The fourth-order valence-electron chi connectivity index (χ4n) is 2.45. The fourth-order valence-corrected chi connectivity index (χ4v) is 2.45. The lowest BCUT2D eigenvalue weighted by Crippen LogP contribution is -2.42. The van der Waals surface area contributed by atoms with Gasteiger partial charge in [0.05, 0.1) is 26.9 Å². The zero-order chi connectivity index (χ0) is 17.5. The number of carbonyl (C=O) groups excluding carboxylic acids is 1. The Hall–Kier alpha value is -2.57. The average Bonchev–Trinajstić information content (AvgIpc) is 2.68. The molecule has 2 aromatic carbocycles. The Labute approximate surface area is 146 Å². The van der Waals surface area contributed by atoms with Gasteiger partial charge in [0.1, 0.15) is 5.75 Å². The summed E-state index contributed by atoms with van der Waals surface area (Å²) in [5.74, 6) is 1.87. The van der Waals surface area contributed by atoms with Crippen LogP contribution in [0.2, 0.25) is 0 Å². The van der Waals surface area contributed by atoms with E-state index in [1.54, 1.807) is 7.11 Å². The van der Waals surface area contributed by atoms with Gasteiger partial charge in [-0.1, -0.05) is 24.3 Å². The topological polar surface area (TPSA) is 66.0 Å². The number of hydrogen-bond donors (Lipinski definition) is 1. The third-order valence-corrected chi connectivity index (χ3v) is 3.80. The van der Waals surface area contributed by atoms with Gasteiger partial charge < -0.3 is 24.3 Å². The maximum absolute atomic E-state index is 12.0. The van der Waals surface area contributed by atoms with Gasteiger partial charge in [-0.05, 0) is 29.8 Å². The first-order valence-electron chi connectivity index (χ1n) is 8.13. The minimum Gasteiger partial charge on any atom is -0.493 e. The number of rotatable bonds is 6. The molecule has 2 aromatic rings. The highest BCUT2D eigenvalue weighted by atomic mass is 16.6. The summed E-state index contributed by atoms with van der Waals surface area (Å²) in [7, 11) is 1.61. The molecule has 132 valence electrons. The second kappa shape index (κ2) is 8.50. The first-order chi connectivity index (χ1) is 12.3. The van der Waals surface area contributed by atoms with Gasteiger partial charge in [-0.3, -0.25) is 4.79 Å². The molecule has 1 amide bonds. The number of para-hydroxylation sites is 2. The number of hydrogen-bond acceptors (Lipinski definition) is 5. The zero-order valence-electron chi connectivity index (χ0n) is 14.1. The summed E-state index contributed by atoms with van der Waals surface area (Å²) < 4.78 is 21.7. The van der Waals surface area contributed by atoms with Crippen LogP contribution in [-0.2, 0) is 20.8 Å². The molecule has 0 aromatic heterocycles. The van der Waals surface area contributed by atoms with E-state index in [-0.39, 0.29) is 5.91 Å².